The third kappa shape index (κ3) is 6.55. The molecule has 1 unspecified atom stereocenters. The summed E-state index contributed by atoms with van der Waals surface area (Å²) in [5.74, 6) is 0.681. The highest BCUT2D eigenvalue weighted by Gasteiger charge is 2.07. The van der Waals surface area contributed by atoms with E-state index in [4.69, 9.17) is 4.74 Å². The van der Waals surface area contributed by atoms with Crippen molar-refractivity contribution in [2.75, 3.05) is 6.54 Å². The van der Waals surface area contributed by atoms with Crippen LogP contribution in [0.3, 0.4) is 0 Å². The lowest BCUT2D eigenvalue weighted by atomic mass is 10.1. The fraction of sp³-hybridized carbons (Fsp3) is 0.625. The van der Waals surface area contributed by atoms with Gasteiger partial charge in [0.2, 0.25) is 0 Å². The van der Waals surface area contributed by atoms with Crippen LogP contribution in [0.5, 0.6) is 0 Å². The van der Waals surface area contributed by atoms with Gasteiger partial charge in [0.25, 0.3) is 0 Å². The number of benzene rings is 1. The maximum atomic E-state index is 5.90. The summed E-state index contributed by atoms with van der Waals surface area (Å²) < 4.78 is 7.03. The van der Waals surface area contributed by atoms with Crippen LogP contribution in [0.15, 0.2) is 22.7 Å². The van der Waals surface area contributed by atoms with Gasteiger partial charge in [0.1, 0.15) is 0 Å². The van der Waals surface area contributed by atoms with Gasteiger partial charge in [0, 0.05) is 11.0 Å². The number of nitrogens with one attached hydrogen (secondary N) is 1. The predicted molar refractivity (Wildman–Crippen MR) is 85.2 cm³/mol. The lowest BCUT2D eigenvalue weighted by Crippen LogP contribution is -2.12. The molecule has 0 spiro atoms. The monoisotopic (exact) mass is 327 g/mol. The number of halogens is 1. The second kappa shape index (κ2) is 8.72. The highest BCUT2D eigenvalue weighted by molar-refractivity contribution is 9.10. The lowest BCUT2D eigenvalue weighted by Gasteiger charge is -2.16. The average molecular weight is 328 g/mol. The van der Waals surface area contributed by atoms with Crippen molar-refractivity contribution in [3.8, 4) is 0 Å². The van der Waals surface area contributed by atoms with Gasteiger partial charge in [-0.25, -0.2) is 0 Å². The van der Waals surface area contributed by atoms with Gasteiger partial charge in [-0.1, -0.05) is 48.8 Å². The van der Waals surface area contributed by atoms with Crippen LogP contribution in [-0.4, -0.2) is 12.6 Å². The molecule has 0 aromatic heterocycles. The average Bonchev–Trinajstić information content (AvgIpc) is 2.34. The summed E-state index contributed by atoms with van der Waals surface area (Å²) in [6, 6.07) is 6.49. The summed E-state index contributed by atoms with van der Waals surface area (Å²) in [6.07, 6.45) is 1.42. The fourth-order valence-electron chi connectivity index (χ4n) is 2.05. The van der Waals surface area contributed by atoms with E-state index in [1.165, 1.54) is 11.1 Å². The van der Waals surface area contributed by atoms with Gasteiger partial charge in [-0.2, -0.15) is 0 Å². The minimum atomic E-state index is 0.313. The second-order valence-electron chi connectivity index (χ2n) is 5.46. The van der Waals surface area contributed by atoms with E-state index in [9.17, 15) is 0 Å². The zero-order valence-corrected chi connectivity index (χ0v) is 14.1. The smallest absolute Gasteiger partial charge is 0.0731 e. The fourth-order valence-corrected chi connectivity index (χ4v) is 2.59. The quantitative estimate of drug-likeness (QED) is 0.758. The van der Waals surface area contributed by atoms with Gasteiger partial charge in [-0.05, 0) is 43.0 Å². The van der Waals surface area contributed by atoms with E-state index in [1.807, 2.05) is 0 Å². The Labute approximate surface area is 126 Å². The Morgan fingerprint density at radius 2 is 2.00 bits per heavy atom. The molecule has 3 heteroatoms. The molecule has 0 fully saturated rings. The number of ether oxygens (including phenoxy) is 1. The first-order valence-electron chi connectivity index (χ1n) is 7.12. The molecule has 0 heterocycles. The van der Waals surface area contributed by atoms with Crippen molar-refractivity contribution in [1.82, 2.24) is 5.32 Å². The van der Waals surface area contributed by atoms with Crippen molar-refractivity contribution in [1.29, 1.82) is 0 Å². The van der Waals surface area contributed by atoms with Crippen LogP contribution in [0, 0.1) is 5.92 Å². The zero-order valence-electron chi connectivity index (χ0n) is 12.5. The third-order valence-electron chi connectivity index (χ3n) is 3.02. The molecular weight excluding hydrogens is 302 g/mol. The zero-order chi connectivity index (χ0) is 14.3. The van der Waals surface area contributed by atoms with E-state index < -0.39 is 0 Å². The molecule has 0 saturated heterocycles. The Bertz CT molecular complexity index is 379. The van der Waals surface area contributed by atoms with E-state index in [0.29, 0.717) is 18.6 Å². The van der Waals surface area contributed by atoms with Crippen molar-refractivity contribution < 1.29 is 4.74 Å². The Morgan fingerprint density at radius 1 is 1.26 bits per heavy atom. The molecule has 0 aliphatic rings. The van der Waals surface area contributed by atoms with Gasteiger partial charge in [-0.3, -0.25) is 0 Å². The minimum Gasteiger partial charge on any atom is -0.374 e. The molecule has 0 aliphatic heterocycles. The van der Waals surface area contributed by atoms with Gasteiger partial charge < -0.3 is 10.1 Å². The molecule has 1 rings (SSSR count). The summed E-state index contributed by atoms with van der Waals surface area (Å²) in [7, 11) is 0. The summed E-state index contributed by atoms with van der Waals surface area (Å²) >= 11 is 3.63. The van der Waals surface area contributed by atoms with Crippen LogP contribution < -0.4 is 5.32 Å². The van der Waals surface area contributed by atoms with E-state index in [0.717, 1.165) is 24.0 Å². The SMILES string of the molecule is CCNCc1ccc(COC(C)CC(C)C)c(Br)c1. The molecule has 2 nitrogen and oxygen atoms in total. The lowest BCUT2D eigenvalue weighted by molar-refractivity contribution is 0.0394. The number of rotatable bonds is 8. The molecule has 1 N–H and O–H groups in total. The van der Waals surface area contributed by atoms with Crippen molar-refractivity contribution in [3.63, 3.8) is 0 Å². The second-order valence-corrected chi connectivity index (χ2v) is 6.31. The predicted octanol–water partition coefficient (Wildman–Crippen LogP) is 4.51. The summed E-state index contributed by atoms with van der Waals surface area (Å²) in [4.78, 5) is 0. The van der Waals surface area contributed by atoms with Crippen LogP contribution >= 0.6 is 15.9 Å². The highest BCUT2D eigenvalue weighted by atomic mass is 79.9. The molecule has 1 aromatic rings. The van der Waals surface area contributed by atoms with E-state index in [-0.39, 0.29) is 0 Å². The Kier molecular flexibility index (Phi) is 7.66. The molecule has 0 saturated carbocycles. The van der Waals surface area contributed by atoms with Gasteiger partial charge in [-0.15, -0.1) is 0 Å². The van der Waals surface area contributed by atoms with E-state index in [1.54, 1.807) is 0 Å². The Hall–Kier alpha value is -0.380. The first-order chi connectivity index (χ1) is 9.02. The van der Waals surface area contributed by atoms with Crippen LogP contribution in [-0.2, 0) is 17.9 Å². The van der Waals surface area contributed by atoms with Gasteiger partial charge in [0.05, 0.1) is 12.7 Å². The van der Waals surface area contributed by atoms with Gasteiger partial charge >= 0.3 is 0 Å². The first-order valence-corrected chi connectivity index (χ1v) is 7.91. The van der Waals surface area contributed by atoms with Crippen molar-refractivity contribution in [3.05, 3.63) is 33.8 Å². The largest absolute Gasteiger partial charge is 0.374 e. The minimum absolute atomic E-state index is 0.313. The molecule has 0 aliphatic carbocycles. The van der Waals surface area contributed by atoms with Crippen LogP contribution in [0.2, 0.25) is 0 Å². The van der Waals surface area contributed by atoms with E-state index in [2.05, 4.69) is 67.1 Å². The van der Waals surface area contributed by atoms with E-state index >= 15 is 0 Å². The van der Waals surface area contributed by atoms with Crippen LogP contribution in [0.1, 0.15) is 45.2 Å². The standard InChI is InChI=1S/C16H26BrNO/c1-5-18-10-14-6-7-15(16(17)9-14)11-19-13(4)8-12(2)3/h6-7,9,12-13,18H,5,8,10-11H2,1-4H3. The highest BCUT2D eigenvalue weighted by Crippen LogP contribution is 2.21. The molecule has 1 atom stereocenters. The summed E-state index contributed by atoms with van der Waals surface area (Å²) in [5.41, 5.74) is 2.52. The third-order valence-corrected chi connectivity index (χ3v) is 3.76. The number of hydrogen-bond acceptors (Lipinski definition) is 2. The van der Waals surface area contributed by atoms with Gasteiger partial charge in [0.15, 0.2) is 0 Å². The van der Waals surface area contributed by atoms with Crippen LogP contribution in [0.25, 0.3) is 0 Å². The molecule has 1 aromatic carbocycles. The summed E-state index contributed by atoms with van der Waals surface area (Å²) in [5, 5.41) is 3.33. The Morgan fingerprint density at radius 3 is 2.58 bits per heavy atom. The number of hydrogen-bond donors (Lipinski definition) is 1. The maximum absolute atomic E-state index is 5.90. The van der Waals surface area contributed by atoms with Crippen molar-refractivity contribution in [2.24, 2.45) is 5.92 Å². The molecular formula is C16H26BrNO. The molecule has 19 heavy (non-hydrogen) atoms. The molecule has 0 amide bonds. The van der Waals surface area contributed by atoms with Crippen LogP contribution in [0.4, 0.5) is 0 Å². The normalized spacial score (nSPS) is 12.9. The summed E-state index contributed by atoms with van der Waals surface area (Å²) in [6.45, 7) is 11.3. The molecule has 0 bridgehead atoms. The maximum Gasteiger partial charge on any atom is 0.0731 e. The molecule has 0 radical (unpaired) electrons. The Balaban J connectivity index is 2.50. The topological polar surface area (TPSA) is 21.3 Å². The first kappa shape index (κ1) is 16.7. The van der Waals surface area contributed by atoms with Crippen molar-refractivity contribution in [2.45, 2.75) is 53.4 Å². The van der Waals surface area contributed by atoms with Crippen molar-refractivity contribution >= 4 is 15.9 Å². The molecule has 108 valence electrons.